The number of carbonyl (C=O) groups excluding carboxylic acids is 1. The van der Waals surface area contributed by atoms with E-state index in [0.29, 0.717) is 30.0 Å². The second-order valence-electron chi connectivity index (χ2n) is 4.54. The van der Waals surface area contributed by atoms with E-state index < -0.39 is 0 Å². The second-order valence-corrected chi connectivity index (χ2v) is 5.41. The predicted molar refractivity (Wildman–Crippen MR) is 79.4 cm³/mol. The molecule has 0 radical (unpaired) electrons. The van der Waals surface area contributed by atoms with Crippen LogP contribution in [0.25, 0.3) is 0 Å². The molecule has 0 bridgehead atoms. The number of amides is 1. The summed E-state index contributed by atoms with van der Waals surface area (Å²) in [6, 6.07) is 4.64. The van der Waals surface area contributed by atoms with E-state index in [9.17, 15) is 9.18 Å². The lowest BCUT2D eigenvalue weighted by molar-refractivity contribution is 0.0790. The van der Waals surface area contributed by atoms with Crippen molar-refractivity contribution in [2.75, 3.05) is 19.3 Å². The van der Waals surface area contributed by atoms with Crippen LogP contribution in [0.4, 0.5) is 4.39 Å². The molecule has 1 amide bonds. The molecule has 1 saturated heterocycles. The number of thioether (sulfide) groups is 1. The van der Waals surface area contributed by atoms with E-state index in [2.05, 4.69) is 0 Å². The van der Waals surface area contributed by atoms with Crippen LogP contribution < -0.4 is 5.73 Å². The molecule has 1 aromatic rings. The van der Waals surface area contributed by atoms with Crippen molar-refractivity contribution in [1.82, 2.24) is 4.90 Å². The normalized spacial score (nSPS) is 18.3. The molecular weight excluding hydrogens is 287 g/mol. The highest BCUT2D eigenvalue weighted by molar-refractivity contribution is 7.97. The van der Waals surface area contributed by atoms with Gasteiger partial charge < -0.3 is 10.6 Å². The van der Waals surface area contributed by atoms with Gasteiger partial charge in [0.2, 0.25) is 0 Å². The molecule has 1 aliphatic rings. The fraction of sp³-hybridized carbons (Fsp3) is 0.462. The molecule has 2 N–H and O–H groups in total. The van der Waals surface area contributed by atoms with Gasteiger partial charge in [-0.1, -0.05) is 0 Å². The van der Waals surface area contributed by atoms with Crippen LogP contribution in [0.3, 0.4) is 0 Å². The van der Waals surface area contributed by atoms with Crippen molar-refractivity contribution >= 4 is 30.1 Å². The zero-order valence-corrected chi connectivity index (χ0v) is 12.4. The average molecular weight is 305 g/mol. The number of nitrogens with zero attached hydrogens (tertiary/aromatic N) is 1. The minimum absolute atomic E-state index is 0. The minimum Gasteiger partial charge on any atom is -0.337 e. The topological polar surface area (TPSA) is 46.3 Å². The molecule has 1 atom stereocenters. The van der Waals surface area contributed by atoms with Crippen molar-refractivity contribution in [3.63, 3.8) is 0 Å². The summed E-state index contributed by atoms with van der Waals surface area (Å²) in [5, 5.41) is 0. The number of nitrogens with two attached hydrogens (primary N) is 1. The first-order valence-electron chi connectivity index (χ1n) is 5.94. The molecule has 19 heavy (non-hydrogen) atoms. The number of hydrogen-bond donors (Lipinski definition) is 1. The number of benzene rings is 1. The molecule has 0 aromatic heterocycles. The van der Waals surface area contributed by atoms with E-state index in [1.807, 2.05) is 6.26 Å². The Morgan fingerprint density at radius 1 is 1.58 bits per heavy atom. The van der Waals surface area contributed by atoms with E-state index in [4.69, 9.17) is 5.73 Å². The molecule has 0 aliphatic carbocycles. The van der Waals surface area contributed by atoms with Gasteiger partial charge in [-0.3, -0.25) is 4.79 Å². The molecule has 3 nitrogen and oxygen atoms in total. The van der Waals surface area contributed by atoms with E-state index in [-0.39, 0.29) is 30.2 Å². The number of likely N-dealkylation sites (tertiary alicyclic amines) is 1. The van der Waals surface area contributed by atoms with Gasteiger partial charge in [-0.15, -0.1) is 12.4 Å². The van der Waals surface area contributed by atoms with E-state index >= 15 is 0 Å². The lowest BCUT2D eigenvalue weighted by Gasteiger charge is -2.16. The van der Waals surface area contributed by atoms with Crippen LogP contribution in [-0.4, -0.2) is 36.2 Å². The van der Waals surface area contributed by atoms with Gasteiger partial charge in [0.1, 0.15) is 5.82 Å². The molecule has 0 spiro atoms. The van der Waals surface area contributed by atoms with Crippen LogP contribution >= 0.6 is 24.2 Å². The molecular formula is C13H18ClFN2OS. The van der Waals surface area contributed by atoms with Crippen molar-refractivity contribution < 1.29 is 9.18 Å². The van der Waals surface area contributed by atoms with Crippen LogP contribution in [-0.2, 0) is 5.75 Å². The largest absolute Gasteiger partial charge is 0.337 e. The summed E-state index contributed by atoms with van der Waals surface area (Å²) >= 11 is 1.54. The first-order chi connectivity index (χ1) is 8.61. The maximum absolute atomic E-state index is 13.5. The number of carbonyl (C=O) groups is 1. The minimum atomic E-state index is -0.251. The standard InChI is InChI=1S/C13H17FN2OS.ClH/c1-18-8-10-6-9(2-3-12(10)14)13(17)16-5-4-11(15)7-16;/h2-3,6,11H,4-5,7-8,15H2,1H3;1H/t11-;/m0./s1. The highest BCUT2D eigenvalue weighted by Gasteiger charge is 2.24. The highest BCUT2D eigenvalue weighted by atomic mass is 35.5. The van der Waals surface area contributed by atoms with Crippen LogP contribution in [0.5, 0.6) is 0 Å². The van der Waals surface area contributed by atoms with E-state index in [1.165, 1.54) is 17.8 Å². The third-order valence-electron chi connectivity index (χ3n) is 3.10. The Balaban J connectivity index is 0.00000180. The summed E-state index contributed by atoms with van der Waals surface area (Å²) in [7, 11) is 0. The van der Waals surface area contributed by atoms with Crippen molar-refractivity contribution in [3.05, 3.63) is 35.1 Å². The average Bonchev–Trinajstić information content (AvgIpc) is 2.78. The number of halogens is 2. The monoisotopic (exact) mass is 304 g/mol. The summed E-state index contributed by atoms with van der Waals surface area (Å²) in [6.45, 7) is 1.28. The molecule has 1 heterocycles. The third kappa shape index (κ3) is 3.84. The van der Waals surface area contributed by atoms with Crippen LogP contribution in [0.2, 0.25) is 0 Å². The Labute approximate surface area is 123 Å². The SMILES string of the molecule is CSCc1cc(C(=O)N2CC[C@H](N)C2)ccc1F.Cl. The zero-order valence-electron chi connectivity index (χ0n) is 10.8. The van der Waals surface area contributed by atoms with Gasteiger partial charge in [0.25, 0.3) is 5.91 Å². The maximum atomic E-state index is 13.5. The lowest BCUT2D eigenvalue weighted by atomic mass is 10.1. The Morgan fingerprint density at radius 3 is 2.89 bits per heavy atom. The van der Waals surface area contributed by atoms with Crippen molar-refractivity contribution in [3.8, 4) is 0 Å². The molecule has 106 valence electrons. The molecule has 0 saturated carbocycles. The molecule has 1 aromatic carbocycles. The lowest BCUT2D eigenvalue weighted by Crippen LogP contribution is -2.31. The zero-order chi connectivity index (χ0) is 13.1. The van der Waals surface area contributed by atoms with Crippen molar-refractivity contribution in [2.24, 2.45) is 5.73 Å². The van der Waals surface area contributed by atoms with Gasteiger partial charge in [-0.25, -0.2) is 4.39 Å². The van der Waals surface area contributed by atoms with Gasteiger partial charge in [0.15, 0.2) is 0 Å². The van der Waals surface area contributed by atoms with Gasteiger partial charge in [0.05, 0.1) is 0 Å². The molecule has 6 heteroatoms. The first-order valence-corrected chi connectivity index (χ1v) is 7.33. The third-order valence-corrected chi connectivity index (χ3v) is 3.70. The molecule has 0 unspecified atom stereocenters. The molecule has 1 aliphatic heterocycles. The summed E-state index contributed by atoms with van der Waals surface area (Å²) in [5.74, 6) is 0.274. The molecule has 1 fully saturated rings. The fourth-order valence-electron chi connectivity index (χ4n) is 2.13. The predicted octanol–water partition coefficient (Wildman–Crippen LogP) is 2.28. The Morgan fingerprint density at radius 2 is 2.32 bits per heavy atom. The van der Waals surface area contributed by atoms with Crippen LogP contribution in [0.1, 0.15) is 22.3 Å². The highest BCUT2D eigenvalue weighted by Crippen LogP contribution is 2.18. The van der Waals surface area contributed by atoms with Crippen molar-refractivity contribution in [2.45, 2.75) is 18.2 Å². The summed E-state index contributed by atoms with van der Waals surface area (Å²) < 4.78 is 13.5. The van der Waals surface area contributed by atoms with Crippen molar-refractivity contribution in [1.29, 1.82) is 0 Å². The van der Waals surface area contributed by atoms with Crippen LogP contribution in [0.15, 0.2) is 18.2 Å². The van der Waals surface area contributed by atoms with E-state index in [0.717, 1.165) is 6.42 Å². The van der Waals surface area contributed by atoms with E-state index in [1.54, 1.807) is 17.0 Å². The Bertz CT molecular complexity index is 458. The number of rotatable bonds is 3. The summed E-state index contributed by atoms with van der Waals surface area (Å²) in [5.41, 5.74) is 6.92. The summed E-state index contributed by atoms with van der Waals surface area (Å²) in [6.07, 6.45) is 2.75. The Hall–Kier alpha value is -0.780. The second kappa shape index (κ2) is 7.12. The maximum Gasteiger partial charge on any atom is 0.253 e. The smallest absolute Gasteiger partial charge is 0.253 e. The van der Waals surface area contributed by atoms with Gasteiger partial charge in [-0.05, 0) is 36.4 Å². The quantitative estimate of drug-likeness (QED) is 0.932. The molecule has 2 rings (SSSR count). The van der Waals surface area contributed by atoms with Crippen LogP contribution in [0, 0.1) is 5.82 Å². The van der Waals surface area contributed by atoms with Gasteiger partial charge in [0, 0.05) is 30.4 Å². The summed E-state index contributed by atoms with van der Waals surface area (Å²) in [4.78, 5) is 13.9. The first kappa shape index (κ1) is 16.3. The van der Waals surface area contributed by atoms with Gasteiger partial charge >= 0.3 is 0 Å². The Kier molecular flexibility index (Phi) is 6.10. The number of hydrogen-bond acceptors (Lipinski definition) is 3. The van der Waals surface area contributed by atoms with Gasteiger partial charge in [-0.2, -0.15) is 11.8 Å². The fourth-order valence-corrected chi connectivity index (χ4v) is 2.66.